The summed E-state index contributed by atoms with van der Waals surface area (Å²) in [5.41, 5.74) is 8.38. The van der Waals surface area contributed by atoms with Gasteiger partial charge in [0.05, 0.1) is 18.3 Å². The van der Waals surface area contributed by atoms with Crippen molar-refractivity contribution in [2.24, 2.45) is 5.73 Å². The minimum Gasteiger partial charge on any atom is -0.464 e. The van der Waals surface area contributed by atoms with Crippen LogP contribution in [0.2, 0.25) is 0 Å². The zero-order valence-corrected chi connectivity index (χ0v) is 10.4. The fourth-order valence-electron chi connectivity index (χ4n) is 1.84. The molecule has 1 unspecified atom stereocenters. The summed E-state index contributed by atoms with van der Waals surface area (Å²) in [4.78, 5) is 4.45. The summed E-state index contributed by atoms with van der Waals surface area (Å²) in [5.74, 6) is 0. The number of furan rings is 1. The Morgan fingerprint density at radius 2 is 2.22 bits per heavy atom. The van der Waals surface area contributed by atoms with E-state index in [1.54, 1.807) is 6.26 Å². The number of aromatic nitrogens is 1. The van der Waals surface area contributed by atoms with Crippen molar-refractivity contribution in [3.8, 4) is 11.3 Å². The molecule has 18 heavy (non-hydrogen) atoms. The van der Waals surface area contributed by atoms with Gasteiger partial charge in [-0.1, -0.05) is 18.2 Å². The standard InChI is InChI=1S/C13H12N2O2S/c14-10(5-16)13-15-11(7-18-13)9-6-17-12-4-2-1-3-8(9)12/h1-4,6-7,10,16H,5,14H2. The van der Waals surface area contributed by atoms with Crippen LogP contribution in [0.1, 0.15) is 11.0 Å². The Bertz CT molecular complexity index is 674. The molecule has 2 heterocycles. The van der Waals surface area contributed by atoms with Gasteiger partial charge in [-0.15, -0.1) is 11.3 Å². The quantitative estimate of drug-likeness (QED) is 0.759. The van der Waals surface area contributed by atoms with Crippen LogP contribution in [0.25, 0.3) is 22.2 Å². The van der Waals surface area contributed by atoms with Crippen molar-refractivity contribution in [3.05, 3.63) is 40.9 Å². The Kier molecular flexibility index (Phi) is 2.87. The number of rotatable bonds is 3. The third kappa shape index (κ3) is 1.82. The van der Waals surface area contributed by atoms with E-state index in [0.717, 1.165) is 27.2 Å². The second-order valence-corrected chi connectivity index (χ2v) is 4.90. The van der Waals surface area contributed by atoms with Crippen molar-refractivity contribution in [2.75, 3.05) is 6.61 Å². The highest BCUT2D eigenvalue weighted by molar-refractivity contribution is 7.10. The minimum absolute atomic E-state index is 0.0981. The molecule has 4 nitrogen and oxygen atoms in total. The fourth-order valence-corrected chi connectivity index (χ4v) is 2.65. The van der Waals surface area contributed by atoms with E-state index in [1.165, 1.54) is 11.3 Å². The number of hydrogen-bond acceptors (Lipinski definition) is 5. The highest BCUT2D eigenvalue weighted by Gasteiger charge is 2.14. The lowest BCUT2D eigenvalue weighted by Crippen LogP contribution is -2.13. The topological polar surface area (TPSA) is 72.3 Å². The second-order valence-electron chi connectivity index (χ2n) is 4.01. The third-order valence-electron chi connectivity index (χ3n) is 2.79. The molecule has 0 spiro atoms. The molecule has 5 heteroatoms. The van der Waals surface area contributed by atoms with Gasteiger partial charge < -0.3 is 15.3 Å². The Balaban J connectivity index is 2.07. The molecule has 0 aliphatic rings. The highest BCUT2D eigenvalue weighted by Crippen LogP contribution is 2.31. The first-order chi connectivity index (χ1) is 8.79. The molecule has 1 atom stereocenters. The van der Waals surface area contributed by atoms with Gasteiger partial charge in [-0.25, -0.2) is 4.98 Å². The van der Waals surface area contributed by atoms with Gasteiger partial charge in [0.2, 0.25) is 0 Å². The average molecular weight is 260 g/mol. The molecule has 0 aliphatic carbocycles. The zero-order valence-electron chi connectivity index (χ0n) is 9.54. The van der Waals surface area contributed by atoms with Crippen LogP contribution in [-0.4, -0.2) is 16.7 Å². The number of nitrogens with zero attached hydrogens (tertiary/aromatic N) is 1. The fraction of sp³-hybridized carbons (Fsp3) is 0.154. The Hall–Kier alpha value is -1.69. The number of fused-ring (bicyclic) bond motifs is 1. The first kappa shape index (κ1) is 11.4. The zero-order chi connectivity index (χ0) is 12.5. The lowest BCUT2D eigenvalue weighted by Gasteiger charge is -2.01. The smallest absolute Gasteiger partial charge is 0.134 e. The number of hydrogen-bond donors (Lipinski definition) is 2. The molecule has 3 aromatic rings. The number of thiazole rings is 1. The summed E-state index contributed by atoms with van der Waals surface area (Å²) in [6.45, 7) is -0.0981. The summed E-state index contributed by atoms with van der Waals surface area (Å²) < 4.78 is 5.48. The second kappa shape index (κ2) is 4.53. The maximum atomic E-state index is 9.02. The minimum atomic E-state index is -0.415. The van der Waals surface area contributed by atoms with Crippen LogP contribution < -0.4 is 5.73 Å². The van der Waals surface area contributed by atoms with Crippen molar-refractivity contribution in [1.29, 1.82) is 0 Å². The summed E-state index contributed by atoms with van der Waals surface area (Å²) in [7, 11) is 0. The predicted octanol–water partition coefficient (Wildman–Crippen LogP) is 2.55. The monoisotopic (exact) mass is 260 g/mol. The van der Waals surface area contributed by atoms with E-state index in [-0.39, 0.29) is 6.61 Å². The Morgan fingerprint density at radius 3 is 3.06 bits per heavy atom. The van der Waals surface area contributed by atoms with Crippen LogP contribution in [0.5, 0.6) is 0 Å². The molecule has 1 aromatic carbocycles. The molecule has 2 aromatic heterocycles. The molecule has 3 N–H and O–H groups in total. The van der Waals surface area contributed by atoms with Gasteiger partial charge in [0.25, 0.3) is 0 Å². The highest BCUT2D eigenvalue weighted by atomic mass is 32.1. The van der Waals surface area contributed by atoms with Crippen molar-refractivity contribution in [2.45, 2.75) is 6.04 Å². The molecule has 0 fully saturated rings. The summed E-state index contributed by atoms with van der Waals surface area (Å²) in [6, 6.07) is 7.41. The normalized spacial score (nSPS) is 13.0. The lowest BCUT2D eigenvalue weighted by molar-refractivity contribution is 0.268. The Morgan fingerprint density at radius 1 is 1.39 bits per heavy atom. The number of para-hydroxylation sites is 1. The maximum Gasteiger partial charge on any atom is 0.134 e. The van der Waals surface area contributed by atoms with Crippen molar-refractivity contribution < 1.29 is 9.52 Å². The molecular formula is C13H12N2O2S. The third-order valence-corrected chi connectivity index (χ3v) is 3.77. The van der Waals surface area contributed by atoms with E-state index in [1.807, 2.05) is 29.6 Å². The number of nitrogens with two attached hydrogens (primary N) is 1. The summed E-state index contributed by atoms with van der Waals surface area (Å²) in [6.07, 6.45) is 1.70. The lowest BCUT2D eigenvalue weighted by atomic mass is 10.1. The van der Waals surface area contributed by atoms with E-state index in [0.29, 0.717) is 0 Å². The van der Waals surface area contributed by atoms with Crippen LogP contribution in [0.3, 0.4) is 0 Å². The van der Waals surface area contributed by atoms with E-state index in [2.05, 4.69) is 4.98 Å². The Labute approximate surface area is 108 Å². The van der Waals surface area contributed by atoms with Crippen molar-refractivity contribution in [3.63, 3.8) is 0 Å². The van der Waals surface area contributed by atoms with E-state index >= 15 is 0 Å². The molecule has 3 rings (SSSR count). The molecule has 0 radical (unpaired) electrons. The average Bonchev–Trinajstić information content (AvgIpc) is 3.03. The van der Waals surface area contributed by atoms with E-state index in [9.17, 15) is 0 Å². The molecule has 0 saturated carbocycles. The van der Waals surface area contributed by atoms with Gasteiger partial charge in [0.15, 0.2) is 0 Å². The van der Waals surface area contributed by atoms with E-state index < -0.39 is 6.04 Å². The number of benzene rings is 1. The maximum absolute atomic E-state index is 9.02. The molecule has 0 aliphatic heterocycles. The van der Waals surface area contributed by atoms with Gasteiger partial charge in [0, 0.05) is 16.3 Å². The van der Waals surface area contributed by atoms with Crippen LogP contribution in [-0.2, 0) is 0 Å². The van der Waals surface area contributed by atoms with Gasteiger partial charge >= 0.3 is 0 Å². The van der Waals surface area contributed by atoms with Crippen molar-refractivity contribution >= 4 is 22.3 Å². The van der Waals surface area contributed by atoms with Crippen LogP contribution in [0.4, 0.5) is 0 Å². The molecule has 0 saturated heterocycles. The summed E-state index contributed by atoms with van der Waals surface area (Å²) in [5, 5.41) is 12.7. The van der Waals surface area contributed by atoms with Gasteiger partial charge in [-0.3, -0.25) is 0 Å². The van der Waals surface area contributed by atoms with Gasteiger partial charge in [-0.2, -0.15) is 0 Å². The molecular weight excluding hydrogens is 248 g/mol. The number of aliphatic hydroxyl groups excluding tert-OH is 1. The molecule has 0 bridgehead atoms. The van der Waals surface area contributed by atoms with Crippen LogP contribution >= 0.6 is 11.3 Å². The first-order valence-electron chi connectivity index (χ1n) is 5.58. The SMILES string of the molecule is NC(CO)c1nc(-c2coc3ccccc23)cs1. The van der Waals surface area contributed by atoms with E-state index in [4.69, 9.17) is 15.3 Å². The van der Waals surface area contributed by atoms with Crippen LogP contribution in [0.15, 0.2) is 40.3 Å². The largest absolute Gasteiger partial charge is 0.464 e. The van der Waals surface area contributed by atoms with Gasteiger partial charge in [0.1, 0.15) is 16.9 Å². The number of aliphatic hydroxyl groups is 1. The molecule has 92 valence electrons. The predicted molar refractivity (Wildman–Crippen MR) is 71.3 cm³/mol. The van der Waals surface area contributed by atoms with Crippen molar-refractivity contribution in [1.82, 2.24) is 4.98 Å². The summed E-state index contributed by atoms with van der Waals surface area (Å²) >= 11 is 1.45. The van der Waals surface area contributed by atoms with Crippen LogP contribution in [0, 0.1) is 0 Å². The van der Waals surface area contributed by atoms with Gasteiger partial charge in [-0.05, 0) is 6.07 Å². The first-order valence-corrected chi connectivity index (χ1v) is 6.46. The molecule has 0 amide bonds.